The van der Waals surface area contributed by atoms with Gasteiger partial charge in [0.25, 0.3) is 5.91 Å². The van der Waals surface area contributed by atoms with E-state index in [1.807, 2.05) is 11.8 Å². The van der Waals surface area contributed by atoms with E-state index >= 15 is 0 Å². The van der Waals surface area contributed by atoms with Crippen molar-refractivity contribution in [1.82, 2.24) is 4.90 Å². The standard InChI is InChI=1S/C15H20Cl2N2O2/c1-9(18)13-5-3-4-6-19(13)15(20)10-7-11(16)14(21-2)12(17)8-10/h7-9,13H,3-6,18H2,1-2H3/t9-,13-/m1/s1. The average Bonchev–Trinajstić information content (AvgIpc) is 2.46. The maximum Gasteiger partial charge on any atom is 0.254 e. The lowest BCUT2D eigenvalue weighted by atomic mass is 9.96. The Hall–Kier alpha value is -0.970. The molecule has 1 aliphatic heterocycles. The number of nitrogens with zero attached hydrogens (tertiary/aromatic N) is 1. The molecule has 21 heavy (non-hydrogen) atoms. The Morgan fingerprint density at radius 3 is 2.52 bits per heavy atom. The van der Waals surface area contributed by atoms with Crippen LogP contribution in [0.25, 0.3) is 0 Å². The smallest absolute Gasteiger partial charge is 0.254 e. The number of carbonyl (C=O) groups excluding carboxylic acids is 1. The molecule has 116 valence electrons. The fraction of sp³-hybridized carbons (Fsp3) is 0.533. The van der Waals surface area contributed by atoms with Crippen LogP contribution in [0.1, 0.15) is 36.5 Å². The normalized spacial score (nSPS) is 20.2. The van der Waals surface area contributed by atoms with Crippen LogP contribution in [0.4, 0.5) is 0 Å². The Bertz CT molecular complexity index is 511. The highest BCUT2D eigenvalue weighted by Gasteiger charge is 2.30. The Labute approximate surface area is 135 Å². The van der Waals surface area contributed by atoms with Crippen molar-refractivity contribution in [3.63, 3.8) is 0 Å². The molecule has 2 N–H and O–H groups in total. The van der Waals surface area contributed by atoms with Crippen molar-refractivity contribution in [3.8, 4) is 5.75 Å². The van der Waals surface area contributed by atoms with Crippen molar-refractivity contribution in [3.05, 3.63) is 27.7 Å². The number of rotatable bonds is 3. The number of piperidine rings is 1. The SMILES string of the molecule is COc1c(Cl)cc(C(=O)N2CCCC[C@@H]2[C@@H](C)N)cc1Cl. The van der Waals surface area contributed by atoms with Gasteiger partial charge in [0, 0.05) is 24.2 Å². The van der Waals surface area contributed by atoms with Gasteiger partial charge in [-0.05, 0) is 38.3 Å². The highest BCUT2D eigenvalue weighted by Crippen LogP contribution is 2.34. The highest BCUT2D eigenvalue weighted by atomic mass is 35.5. The van der Waals surface area contributed by atoms with E-state index in [1.54, 1.807) is 12.1 Å². The zero-order valence-corrected chi connectivity index (χ0v) is 13.7. The first-order valence-electron chi connectivity index (χ1n) is 7.05. The van der Waals surface area contributed by atoms with Gasteiger partial charge in [-0.15, -0.1) is 0 Å². The number of ether oxygens (including phenoxy) is 1. The lowest BCUT2D eigenvalue weighted by molar-refractivity contribution is 0.0584. The summed E-state index contributed by atoms with van der Waals surface area (Å²) in [4.78, 5) is 14.6. The molecule has 4 nitrogen and oxygen atoms in total. The van der Waals surface area contributed by atoms with Gasteiger partial charge in [-0.25, -0.2) is 0 Å². The first-order chi connectivity index (χ1) is 9.95. The fourth-order valence-electron chi connectivity index (χ4n) is 2.80. The molecule has 0 aliphatic carbocycles. The first kappa shape index (κ1) is 16.4. The highest BCUT2D eigenvalue weighted by molar-refractivity contribution is 6.37. The third kappa shape index (κ3) is 3.44. The number of hydrogen-bond donors (Lipinski definition) is 1. The molecule has 1 aromatic carbocycles. The van der Waals surface area contributed by atoms with E-state index in [1.165, 1.54) is 7.11 Å². The van der Waals surface area contributed by atoms with Crippen LogP contribution < -0.4 is 10.5 Å². The maximum atomic E-state index is 12.7. The van der Waals surface area contributed by atoms with Crippen molar-refractivity contribution in [2.75, 3.05) is 13.7 Å². The molecule has 1 fully saturated rings. The number of methoxy groups -OCH3 is 1. The second kappa shape index (κ2) is 6.86. The lowest BCUT2D eigenvalue weighted by Crippen LogP contribution is -2.51. The molecule has 1 heterocycles. The third-order valence-corrected chi connectivity index (χ3v) is 4.43. The van der Waals surface area contributed by atoms with Gasteiger partial charge in [-0.3, -0.25) is 4.79 Å². The Kier molecular flexibility index (Phi) is 5.36. The Morgan fingerprint density at radius 2 is 2.00 bits per heavy atom. The second-order valence-electron chi connectivity index (χ2n) is 5.39. The van der Waals surface area contributed by atoms with E-state index < -0.39 is 0 Å². The number of likely N-dealkylation sites (tertiary alicyclic amines) is 1. The van der Waals surface area contributed by atoms with Crippen molar-refractivity contribution in [1.29, 1.82) is 0 Å². The van der Waals surface area contributed by atoms with Gasteiger partial charge in [0.05, 0.1) is 17.2 Å². The number of nitrogens with two attached hydrogens (primary N) is 1. The van der Waals surface area contributed by atoms with Crippen molar-refractivity contribution in [2.45, 2.75) is 38.3 Å². The molecule has 0 unspecified atom stereocenters. The van der Waals surface area contributed by atoms with Gasteiger partial charge < -0.3 is 15.4 Å². The van der Waals surface area contributed by atoms with E-state index in [4.69, 9.17) is 33.7 Å². The van der Waals surface area contributed by atoms with Gasteiger partial charge >= 0.3 is 0 Å². The summed E-state index contributed by atoms with van der Waals surface area (Å²) >= 11 is 12.2. The van der Waals surface area contributed by atoms with E-state index in [0.717, 1.165) is 19.3 Å². The topological polar surface area (TPSA) is 55.6 Å². The summed E-state index contributed by atoms with van der Waals surface area (Å²) in [5, 5.41) is 0.672. The molecule has 1 aliphatic rings. The molecule has 2 atom stereocenters. The second-order valence-corrected chi connectivity index (χ2v) is 6.21. The van der Waals surface area contributed by atoms with E-state index in [2.05, 4.69) is 0 Å². The predicted molar refractivity (Wildman–Crippen MR) is 85.3 cm³/mol. The zero-order valence-electron chi connectivity index (χ0n) is 12.2. The van der Waals surface area contributed by atoms with Crippen LogP contribution in [0.3, 0.4) is 0 Å². The molecule has 1 amide bonds. The van der Waals surface area contributed by atoms with Gasteiger partial charge in [0.2, 0.25) is 0 Å². The summed E-state index contributed by atoms with van der Waals surface area (Å²) in [6.45, 7) is 2.65. The van der Waals surface area contributed by atoms with Crippen LogP contribution in [-0.4, -0.2) is 36.5 Å². The first-order valence-corrected chi connectivity index (χ1v) is 7.81. The fourth-order valence-corrected chi connectivity index (χ4v) is 3.44. The van der Waals surface area contributed by atoms with E-state index in [0.29, 0.717) is 27.9 Å². The van der Waals surface area contributed by atoms with Crippen molar-refractivity contribution >= 4 is 29.1 Å². The predicted octanol–water partition coefficient (Wildman–Crippen LogP) is 3.34. The van der Waals surface area contributed by atoms with Crippen LogP contribution in [0.15, 0.2) is 12.1 Å². The molecule has 6 heteroatoms. The van der Waals surface area contributed by atoms with E-state index in [-0.39, 0.29) is 18.0 Å². The number of carbonyl (C=O) groups is 1. The minimum atomic E-state index is -0.0801. The zero-order chi connectivity index (χ0) is 15.6. The number of hydrogen-bond acceptors (Lipinski definition) is 3. The molecule has 2 rings (SSSR count). The van der Waals surface area contributed by atoms with Gasteiger partial charge in [0.15, 0.2) is 5.75 Å². The average molecular weight is 331 g/mol. The molecule has 0 spiro atoms. The summed E-state index contributed by atoms with van der Waals surface area (Å²) in [7, 11) is 1.49. The summed E-state index contributed by atoms with van der Waals surface area (Å²) in [6, 6.07) is 3.20. The summed E-state index contributed by atoms with van der Waals surface area (Å²) < 4.78 is 5.11. The molecular formula is C15H20Cl2N2O2. The molecule has 0 radical (unpaired) electrons. The lowest BCUT2D eigenvalue weighted by Gasteiger charge is -2.38. The summed E-state index contributed by atoms with van der Waals surface area (Å²) in [6.07, 6.45) is 3.02. The van der Waals surface area contributed by atoms with Crippen LogP contribution in [0.5, 0.6) is 5.75 Å². The quantitative estimate of drug-likeness (QED) is 0.924. The molecule has 1 aromatic rings. The van der Waals surface area contributed by atoms with E-state index in [9.17, 15) is 4.79 Å². The van der Waals surface area contributed by atoms with Crippen molar-refractivity contribution in [2.24, 2.45) is 5.73 Å². The molecule has 0 saturated carbocycles. The Balaban J connectivity index is 2.30. The van der Waals surface area contributed by atoms with Crippen LogP contribution in [0.2, 0.25) is 10.0 Å². The molecule has 1 saturated heterocycles. The van der Waals surface area contributed by atoms with Crippen LogP contribution in [-0.2, 0) is 0 Å². The summed E-state index contributed by atoms with van der Waals surface area (Å²) in [5.74, 6) is 0.306. The van der Waals surface area contributed by atoms with Gasteiger partial charge in [-0.1, -0.05) is 23.2 Å². The number of halogens is 2. The number of benzene rings is 1. The minimum absolute atomic E-state index is 0.0570. The molecular weight excluding hydrogens is 311 g/mol. The van der Waals surface area contributed by atoms with Gasteiger partial charge in [-0.2, -0.15) is 0 Å². The Morgan fingerprint density at radius 1 is 1.38 bits per heavy atom. The van der Waals surface area contributed by atoms with Gasteiger partial charge in [0.1, 0.15) is 0 Å². The molecule has 0 bridgehead atoms. The van der Waals surface area contributed by atoms with Crippen molar-refractivity contribution < 1.29 is 9.53 Å². The number of amides is 1. The van der Waals surface area contributed by atoms with Crippen LogP contribution >= 0.6 is 23.2 Å². The minimum Gasteiger partial charge on any atom is -0.494 e. The third-order valence-electron chi connectivity index (χ3n) is 3.87. The monoisotopic (exact) mass is 330 g/mol. The molecule has 0 aromatic heterocycles. The maximum absolute atomic E-state index is 12.7. The van der Waals surface area contributed by atoms with Crippen LogP contribution in [0, 0.1) is 0 Å². The summed E-state index contributed by atoms with van der Waals surface area (Å²) in [5.41, 5.74) is 6.48. The largest absolute Gasteiger partial charge is 0.494 e.